The molecule has 6 aromatic carbocycles. The molecule has 0 radical (unpaired) electrons. The van der Waals surface area contributed by atoms with Crippen LogP contribution in [0.2, 0.25) is 20.1 Å². The minimum atomic E-state index is -1.25. The van der Waals surface area contributed by atoms with Crippen molar-refractivity contribution in [3.8, 4) is 135 Å². The van der Waals surface area contributed by atoms with Crippen molar-refractivity contribution in [1.82, 2.24) is 120 Å². The lowest BCUT2D eigenvalue weighted by Crippen LogP contribution is -1.97. The normalized spacial score (nSPS) is 10.9. The monoisotopic (exact) mass is 2000 g/mol. The van der Waals surface area contributed by atoms with Crippen molar-refractivity contribution in [1.29, 1.82) is 0 Å². The highest BCUT2D eigenvalue weighted by molar-refractivity contribution is 6.32. The van der Waals surface area contributed by atoms with Crippen LogP contribution in [0.25, 0.3) is 202 Å². The van der Waals surface area contributed by atoms with Crippen LogP contribution in [0.5, 0.6) is 0 Å². The Hall–Kier alpha value is -18.2. The highest BCUT2D eigenvalue weighted by Crippen LogP contribution is 2.41. The molecule has 18 aromatic heterocycles. The summed E-state index contributed by atoms with van der Waals surface area (Å²) in [6.07, 6.45) is 28.9. The van der Waals surface area contributed by atoms with Gasteiger partial charge in [0.2, 0.25) is 0 Å². The van der Waals surface area contributed by atoms with Crippen molar-refractivity contribution < 1.29 is 35.1 Å². The molecule has 0 aliphatic carbocycles. The lowest BCUT2D eigenvalue weighted by atomic mass is 10.0. The number of fused-ring (bicyclic) bond motifs is 6. The van der Waals surface area contributed by atoms with Gasteiger partial charge >= 0.3 is 0 Å². The summed E-state index contributed by atoms with van der Waals surface area (Å²) >= 11 is 23.8. The molecule has 0 N–H and O–H groups in total. The molecule has 0 aliphatic heterocycles. The zero-order valence-electron chi connectivity index (χ0n) is 74.8. The fraction of sp³-hybridized carbons (Fsp3) is 0.00917. The van der Waals surface area contributed by atoms with Crippen molar-refractivity contribution in [3.05, 3.63) is 432 Å². The van der Waals surface area contributed by atoms with Crippen LogP contribution >= 0.6 is 46.4 Å². The summed E-state index contributed by atoms with van der Waals surface area (Å²) in [7, 11) is 0. The first-order valence-corrected chi connectivity index (χ1v) is 45.2. The topological polar surface area (TPSA) is 309 Å². The molecule has 24 rings (SSSR count). The fourth-order valence-corrected chi connectivity index (χ4v) is 15.9. The zero-order valence-corrected chi connectivity index (χ0v) is 77.9. The van der Waals surface area contributed by atoms with Gasteiger partial charge in [-0.05, 0) is 237 Å². The molecule has 0 saturated heterocycles. The second-order valence-corrected chi connectivity index (χ2v) is 32.9. The van der Waals surface area contributed by atoms with E-state index in [2.05, 4.69) is 120 Å². The van der Waals surface area contributed by atoms with Gasteiger partial charge in [-0.2, -0.15) is 0 Å². The largest absolute Gasteiger partial charge is 0.256 e. The minimum absolute atomic E-state index is 0.0569. The first-order valence-electron chi connectivity index (χ1n) is 43.7. The molecule has 24 nitrogen and oxygen atoms in total. The molecule has 0 bridgehead atoms. The second-order valence-electron chi connectivity index (χ2n) is 31.2. The number of aromatic nitrogens is 24. The molecule has 145 heavy (non-hydrogen) atoms. The predicted molar refractivity (Wildman–Crippen MR) is 540 cm³/mol. The van der Waals surface area contributed by atoms with Gasteiger partial charge in [-0.1, -0.05) is 58.5 Å². The highest BCUT2D eigenvalue weighted by atomic mass is 35.5. The SMILES string of the molecule is Cc1cc(-c2ncccc2-c2ccc3nccnc3n2)ccc1F.Clc1cccc(-c2ncccc2-c2ccc3nccnc3n2)c1.Fc1cc(F)c(-c2ncccc2-c2ccc3nccnc3n2)cc1Cl.Fc1cc(F)c(-c2ncccc2-c2ccc3nccnc3n2)cc1F.Fc1ccc(-c2ncccc2-c2ccc3nccnc3n2)cc1Cl.Fc1ccc(Cl)cc1-c1ncccc1-c1ccc2nccnc2n1. The van der Waals surface area contributed by atoms with E-state index in [1.165, 1.54) is 48.9 Å². The number of halogens is 12. The predicted octanol–water partition coefficient (Wildman–Crippen LogP) is 26.6. The van der Waals surface area contributed by atoms with Crippen molar-refractivity contribution in [2.24, 2.45) is 0 Å². The highest BCUT2D eigenvalue weighted by Gasteiger charge is 2.24. The molecule has 0 aliphatic rings. The number of pyridine rings is 12. The third-order valence-electron chi connectivity index (χ3n) is 21.9. The van der Waals surface area contributed by atoms with Gasteiger partial charge in [-0.3, -0.25) is 59.8 Å². The van der Waals surface area contributed by atoms with E-state index < -0.39 is 34.9 Å². The average Bonchev–Trinajstić information content (AvgIpc) is 0.782. The Kier molecular flexibility index (Phi) is 28.8. The Morgan fingerprint density at radius 1 is 0.172 bits per heavy atom. The quantitative estimate of drug-likeness (QED) is 0.0810. The van der Waals surface area contributed by atoms with E-state index in [1.54, 1.807) is 185 Å². The van der Waals surface area contributed by atoms with E-state index in [4.69, 9.17) is 46.4 Å². The van der Waals surface area contributed by atoms with Crippen LogP contribution in [0.15, 0.2) is 360 Å². The van der Waals surface area contributed by atoms with Crippen LogP contribution in [-0.2, 0) is 0 Å². The van der Waals surface area contributed by atoms with Crippen LogP contribution in [-0.4, -0.2) is 120 Å². The van der Waals surface area contributed by atoms with E-state index in [9.17, 15) is 35.1 Å². The third kappa shape index (κ3) is 21.9. The maximum Gasteiger partial charge on any atom is 0.178 e. The molecule has 0 unspecified atom stereocenters. The molecule has 36 heteroatoms. The molecule has 702 valence electrons. The molecule has 0 amide bonds. The lowest BCUT2D eigenvalue weighted by Gasteiger charge is -2.10. The summed E-state index contributed by atoms with van der Waals surface area (Å²) in [5.41, 5.74) is 22.3. The summed E-state index contributed by atoms with van der Waals surface area (Å²) in [6.45, 7) is 1.74. The summed E-state index contributed by atoms with van der Waals surface area (Å²) in [5, 5.41) is 1.00. The zero-order chi connectivity index (χ0) is 100.0. The van der Waals surface area contributed by atoms with Crippen molar-refractivity contribution in [2.45, 2.75) is 6.92 Å². The van der Waals surface area contributed by atoms with Gasteiger partial charge in [0.15, 0.2) is 45.5 Å². The molecule has 0 saturated carbocycles. The van der Waals surface area contributed by atoms with E-state index >= 15 is 0 Å². The smallest absolute Gasteiger partial charge is 0.178 e. The molecule has 24 aromatic rings. The first kappa shape index (κ1) is 95.7. The Labute approximate surface area is 837 Å². The van der Waals surface area contributed by atoms with E-state index in [0.29, 0.717) is 134 Å². The summed E-state index contributed by atoms with van der Waals surface area (Å²) in [5.74, 6) is -5.95. The van der Waals surface area contributed by atoms with Gasteiger partial charge < -0.3 is 0 Å². The number of benzene rings is 6. The Bertz CT molecular complexity index is 8670. The summed E-state index contributed by atoms with van der Waals surface area (Å²) in [4.78, 5) is 104. The number of rotatable bonds is 12. The molecular formula is C109H62Cl4F8N24. The van der Waals surface area contributed by atoms with Crippen LogP contribution in [0, 0.1) is 53.5 Å². The van der Waals surface area contributed by atoms with Gasteiger partial charge in [0.05, 0.1) is 78.4 Å². The van der Waals surface area contributed by atoms with Crippen molar-refractivity contribution in [3.63, 3.8) is 0 Å². The number of nitrogens with zero attached hydrogens (tertiary/aromatic N) is 24. The van der Waals surface area contributed by atoms with Crippen LogP contribution in [0.4, 0.5) is 35.1 Å². The maximum absolute atomic E-state index is 14.3. The van der Waals surface area contributed by atoms with Crippen molar-refractivity contribution in [2.75, 3.05) is 0 Å². The fourth-order valence-electron chi connectivity index (χ4n) is 15.2. The van der Waals surface area contributed by atoms with Gasteiger partial charge in [-0.25, -0.2) is 94.9 Å². The molecule has 0 atom stereocenters. The van der Waals surface area contributed by atoms with E-state index in [-0.39, 0.29) is 38.5 Å². The molecule has 18 heterocycles. The number of aryl methyl sites for hydroxylation is 1. The molecule has 0 spiro atoms. The van der Waals surface area contributed by atoms with Gasteiger partial charge in [0.25, 0.3) is 0 Å². The minimum Gasteiger partial charge on any atom is -0.256 e. The average molecular weight is 2000 g/mol. The number of hydrogen-bond acceptors (Lipinski definition) is 24. The second kappa shape index (κ2) is 43.7. The molecular weight excluding hydrogens is 1940 g/mol. The first-order chi connectivity index (χ1) is 70.7. The van der Waals surface area contributed by atoms with Crippen LogP contribution in [0.3, 0.4) is 0 Å². The Morgan fingerprint density at radius 2 is 0.448 bits per heavy atom. The van der Waals surface area contributed by atoms with Crippen LogP contribution in [0.1, 0.15) is 5.56 Å². The van der Waals surface area contributed by atoms with Crippen molar-refractivity contribution >= 4 is 113 Å². The summed E-state index contributed by atoms with van der Waals surface area (Å²) in [6, 6.07) is 68.6. The van der Waals surface area contributed by atoms with Gasteiger partial charge in [0.1, 0.15) is 68.0 Å². The van der Waals surface area contributed by atoms with Gasteiger partial charge in [0, 0.05) is 200 Å². The maximum atomic E-state index is 14.3. The summed E-state index contributed by atoms with van der Waals surface area (Å²) < 4.78 is 110. The van der Waals surface area contributed by atoms with E-state index in [0.717, 1.165) is 84.8 Å². The van der Waals surface area contributed by atoms with E-state index in [1.807, 2.05) is 115 Å². The van der Waals surface area contributed by atoms with Gasteiger partial charge in [-0.15, -0.1) is 0 Å². The van der Waals surface area contributed by atoms with Crippen LogP contribution < -0.4 is 0 Å². The Balaban J connectivity index is 0.000000110. The number of hydrogen-bond donors (Lipinski definition) is 0. The third-order valence-corrected chi connectivity index (χ3v) is 23.0. The Morgan fingerprint density at radius 3 is 0.793 bits per heavy atom. The molecule has 0 fully saturated rings. The standard InChI is InChI=1S/C19H13FN4.C18H9ClF2N4.2C18H10ClFN4.C18H11ClN4.C18H9F3N4/c1-12-11-13(4-5-15(12)20)18-14(3-2-8-22-18)16-6-7-17-19(24-16)23-10-9-21-17;19-12-8-11(13(20)9-14(12)21)17-10(2-1-5-23-17)15-3-4-16-18(25-15)24-7-6-22-16;19-11-3-4-14(20)13(10-11)17-12(2-1-7-22-17)15-5-6-16-18(24-15)23-9-8-21-16;19-13-10-11(3-4-14(13)20)17-12(2-1-7-22-17)15-5-6-16-18(24-15)23-9-8-21-16;19-13-4-1-3-12(11-13)17-14(5-2-8-21-17)15-6-7-16-18(23-15)22-10-9-20-16;19-12-9-14(21)13(20)8-11(12)17-10(2-1-5-23-17)15-3-4-16-18(25-15)24-7-6-22-16/h2-11H,1H3;1-9H;2*1-10H;1-11H;1-9H. The lowest BCUT2D eigenvalue weighted by molar-refractivity contribution is 0.496.